The van der Waals surface area contributed by atoms with Gasteiger partial charge in [-0.15, -0.1) is 0 Å². The molecule has 0 amide bonds. The number of hydrogen-bond acceptors (Lipinski definition) is 3. The van der Waals surface area contributed by atoms with Gasteiger partial charge in [0.15, 0.2) is 0 Å². The van der Waals surface area contributed by atoms with Gasteiger partial charge in [-0.05, 0) is 37.0 Å². The van der Waals surface area contributed by atoms with Crippen molar-refractivity contribution in [2.24, 2.45) is 5.73 Å². The van der Waals surface area contributed by atoms with Gasteiger partial charge in [0.05, 0.1) is 0 Å². The molecule has 1 rings (SSSR count). The summed E-state index contributed by atoms with van der Waals surface area (Å²) in [6, 6.07) is 10.6. The molecule has 0 aliphatic rings. The first-order chi connectivity index (χ1) is 8.36. The zero-order valence-electron chi connectivity index (χ0n) is 10.8. The number of unbranched alkanes of at least 4 members (excludes halogenated alkanes) is 1. The SMILES string of the molecule is CSCCCCN(CCN)Cc1ccccc1. The van der Waals surface area contributed by atoms with Crippen LogP contribution in [-0.2, 0) is 6.54 Å². The fourth-order valence-corrected chi connectivity index (χ4v) is 2.37. The van der Waals surface area contributed by atoms with Crippen molar-refractivity contribution in [1.29, 1.82) is 0 Å². The summed E-state index contributed by atoms with van der Waals surface area (Å²) in [5.74, 6) is 1.27. The molecule has 0 saturated heterocycles. The van der Waals surface area contributed by atoms with Crippen LogP contribution in [0.3, 0.4) is 0 Å². The van der Waals surface area contributed by atoms with Gasteiger partial charge in [0.25, 0.3) is 0 Å². The molecule has 0 fully saturated rings. The summed E-state index contributed by atoms with van der Waals surface area (Å²) < 4.78 is 0. The fraction of sp³-hybridized carbons (Fsp3) is 0.571. The Bertz CT molecular complexity index is 277. The van der Waals surface area contributed by atoms with Crippen LogP contribution in [0.4, 0.5) is 0 Å². The second-order valence-electron chi connectivity index (χ2n) is 4.25. The highest BCUT2D eigenvalue weighted by molar-refractivity contribution is 7.98. The minimum atomic E-state index is 0.745. The Labute approximate surface area is 110 Å². The number of nitrogens with zero attached hydrogens (tertiary/aromatic N) is 1. The first-order valence-corrected chi connectivity index (χ1v) is 7.71. The minimum Gasteiger partial charge on any atom is -0.329 e. The summed E-state index contributed by atoms with van der Waals surface area (Å²) in [4.78, 5) is 2.45. The molecule has 0 unspecified atom stereocenters. The number of benzene rings is 1. The number of hydrogen-bond donors (Lipinski definition) is 1. The lowest BCUT2D eigenvalue weighted by molar-refractivity contribution is 0.269. The maximum Gasteiger partial charge on any atom is 0.0234 e. The van der Waals surface area contributed by atoms with E-state index in [1.165, 1.54) is 24.2 Å². The molecule has 17 heavy (non-hydrogen) atoms. The van der Waals surface area contributed by atoms with Gasteiger partial charge in [0.1, 0.15) is 0 Å². The molecule has 1 aromatic carbocycles. The fourth-order valence-electron chi connectivity index (χ4n) is 1.88. The Kier molecular flexibility index (Phi) is 8.14. The van der Waals surface area contributed by atoms with Crippen LogP contribution < -0.4 is 5.73 Å². The summed E-state index contributed by atoms with van der Waals surface area (Å²) in [6.45, 7) is 3.92. The van der Waals surface area contributed by atoms with Crippen LogP contribution in [0.1, 0.15) is 18.4 Å². The normalized spacial score (nSPS) is 11.0. The van der Waals surface area contributed by atoms with Crippen LogP contribution in [0, 0.1) is 0 Å². The summed E-state index contributed by atoms with van der Waals surface area (Å²) >= 11 is 1.93. The van der Waals surface area contributed by atoms with E-state index in [1.54, 1.807) is 0 Å². The van der Waals surface area contributed by atoms with Crippen molar-refractivity contribution in [2.75, 3.05) is 31.6 Å². The van der Waals surface area contributed by atoms with Gasteiger partial charge in [0.2, 0.25) is 0 Å². The van der Waals surface area contributed by atoms with E-state index >= 15 is 0 Å². The molecule has 2 nitrogen and oxygen atoms in total. The monoisotopic (exact) mass is 252 g/mol. The molecule has 0 bridgehead atoms. The molecule has 0 atom stereocenters. The standard InChI is InChI=1S/C14H24N2S/c1-17-12-6-5-10-16(11-9-15)13-14-7-3-2-4-8-14/h2-4,7-8H,5-6,9-13,15H2,1H3. The van der Waals surface area contributed by atoms with Crippen molar-refractivity contribution in [2.45, 2.75) is 19.4 Å². The maximum absolute atomic E-state index is 5.67. The molecule has 0 spiro atoms. The van der Waals surface area contributed by atoms with Gasteiger partial charge >= 0.3 is 0 Å². The molecule has 96 valence electrons. The van der Waals surface area contributed by atoms with Gasteiger partial charge in [-0.3, -0.25) is 4.90 Å². The predicted molar refractivity (Wildman–Crippen MR) is 78.4 cm³/mol. The van der Waals surface area contributed by atoms with Crippen LogP contribution in [0.2, 0.25) is 0 Å². The van der Waals surface area contributed by atoms with Crippen molar-refractivity contribution in [3.63, 3.8) is 0 Å². The molecule has 1 aromatic rings. The lowest BCUT2D eigenvalue weighted by Gasteiger charge is -2.21. The van der Waals surface area contributed by atoms with Crippen molar-refractivity contribution in [3.8, 4) is 0 Å². The largest absolute Gasteiger partial charge is 0.329 e. The predicted octanol–water partition coefficient (Wildman–Crippen LogP) is 2.59. The van der Waals surface area contributed by atoms with E-state index in [0.717, 1.165) is 26.2 Å². The average molecular weight is 252 g/mol. The number of rotatable bonds is 9. The van der Waals surface area contributed by atoms with Crippen LogP contribution in [0.25, 0.3) is 0 Å². The van der Waals surface area contributed by atoms with Crippen LogP contribution in [0.5, 0.6) is 0 Å². The van der Waals surface area contributed by atoms with Crippen molar-refractivity contribution >= 4 is 11.8 Å². The quantitative estimate of drug-likeness (QED) is 0.685. The molecule has 2 N–H and O–H groups in total. The molecule has 0 radical (unpaired) electrons. The zero-order chi connectivity index (χ0) is 12.3. The van der Waals surface area contributed by atoms with E-state index in [-0.39, 0.29) is 0 Å². The second-order valence-corrected chi connectivity index (χ2v) is 5.24. The first-order valence-electron chi connectivity index (χ1n) is 6.32. The lowest BCUT2D eigenvalue weighted by atomic mass is 10.2. The Balaban J connectivity index is 2.32. The first kappa shape index (κ1) is 14.6. The molecule has 0 aliphatic heterocycles. The summed E-state index contributed by atoms with van der Waals surface area (Å²) in [7, 11) is 0. The highest BCUT2D eigenvalue weighted by Crippen LogP contribution is 2.06. The molecule has 0 aromatic heterocycles. The average Bonchev–Trinajstić information content (AvgIpc) is 2.36. The zero-order valence-corrected chi connectivity index (χ0v) is 11.6. The third kappa shape index (κ3) is 6.71. The highest BCUT2D eigenvalue weighted by Gasteiger charge is 2.04. The number of thioether (sulfide) groups is 1. The van der Waals surface area contributed by atoms with E-state index in [1.807, 2.05) is 11.8 Å². The Morgan fingerprint density at radius 3 is 2.53 bits per heavy atom. The van der Waals surface area contributed by atoms with Crippen LogP contribution in [-0.4, -0.2) is 36.5 Å². The van der Waals surface area contributed by atoms with E-state index < -0.39 is 0 Å². The minimum absolute atomic E-state index is 0.745. The molecule has 0 saturated carbocycles. The third-order valence-corrected chi connectivity index (χ3v) is 3.46. The van der Waals surface area contributed by atoms with Crippen LogP contribution in [0.15, 0.2) is 30.3 Å². The summed E-state index contributed by atoms with van der Waals surface area (Å²) in [5, 5.41) is 0. The highest BCUT2D eigenvalue weighted by atomic mass is 32.2. The Morgan fingerprint density at radius 1 is 1.12 bits per heavy atom. The Morgan fingerprint density at radius 2 is 1.88 bits per heavy atom. The van der Waals surface area contributed by atoms with Gasteiger partial charge in [-0.1, -0.05) is 30.3 Å². The summed E-state index contributed by atoms with van der Waals surface area (Å²) in [5.41, 5.74) is 7.05. The molecular weight excluding hydrogens is 228 g/mol. The van der Waals surface area contributed by atoms with Gasteiger partial charge in [-0.2, -0.15) is 11.8 Å². The summed E-state index contributed by atoms with van der Waals surface area (Å²) in [6.07, 6.45) is 4.74. The second kappa shape index (κ2) is 9.51. The molecule has 3 heteroatoms. The van der Waals surface area contributed by atoms with Gasteiger partial charge in [-0.25, -0.2) is 0 Å². The Hall–Kier alpha value is -0.510. The number of nitrogens with two attached hydrogens (primary N) is 1. The molecule has 0 aliphatic carbocycles. The lowest BCUT2D eigenvalue weighted by Crippen LogP contribution is -2.30. The van der Waals surface area contributed by atoms with Gasteiger partial charge < -0.3 is 5.73 Å². The topological polar surface area (TPSA) is 29.3 Å². The smallest absolute Gasteiger partial charge is 0.0234 e. The van der Waals surface area contributed by atoms with Crippen molar-refractivity contribution in [1.82, 2.24) is 4.90 Å². The van der Waals surface area contributed by atoms with E-state index in [4.69, 9.17) is 5.73 Å². The van der Waals surface area contributed by atoms with Crippen LogP contribution >= 0.6 is 11.8 Å². The maximum atomic E-state index is 5.67. The van der Waals surface area contributed by atoms with E-state index in [2.05, 4.69) is 41.5 Å². The third-order valence-electron chi connectivity index (χ3n) is 2.77. The van der Waals surface area contributed by atoms with E-state index in [0.29, 0.717) is 0 Å². The van der Waals surface area contributed by atoms with Crippen molar-refractivity contribution in [3.05, 3.63) is 35.9 Å². The molecule has 0 heterocycles. The molecular formula is C14H24N2S. The van der Waals surface area contributed by atoms with Crippen molar-refractivity contribution < 1.29 is 0 Å². The van der Waals surface area contributed by atoms with E-state index in [9.17, 15) is 0 Å². The van der Waals surface area contributed by atoms with Gasteiger partial charge in [0, 0.05) is 19.6 Å².